The van der Waals surface area contributed by atoms with Crippen molar-refractivity contribution in [3.05, 3.63) is 29.8 Å². The van der Waals surface area contributed by atoms with Gasteiger partial charge in [-0.25, -0.2) is 0 Å². The summed E-state index contributed by atoms with van der Waals surface area (Å²) in [5, 5.41) is 0. The number of benzene rings is 1. The molecule has 0 aromatic heterocycles. The average molecular weight is 181 g/mol. The van der Waals surface area contributed by atoms with E-state index in [4.69, 9.17) is 11.5 Å². The number of hydrogen-bond acceptors (Lipinski definition) is 2. The molecule has 0 atom stereocenters. The van der Waals surface area contributed by atoms with Gasteiger partial charge < -0.3 is 11.5 Å². The fraction of sp³-hybridized carbons (Fsp3) is 0.125. The molecule has 0 saturated heterocycles. The molecular formula is C8H11N3S. The first-order valence-electron chi connectivity index (χ1n) is 3.51. The second kappa shape index (κ2) is 4.01. The number of nitrogens with zero attached hydrogens (tertiary/aromatic N) is 1. The summed E-state index contributed by atoms with van der Waals surface area (Å²) >= 11 is 1.28. The van der Waals surface area contributed by atoms with Gasteiger partial charge in [0.1, 0.15) is 0 Å². The van der Waals surface area contributed by atoms with Crippen LogP contribution in [0.15, 0.2) is 33.6 Å². The van der Waals surface area contributed by atoms with Gasteiger partial charge in [0.05, 0.1) is 0 Å². The Hall–Kier alpha value is -1.16. The summed E-state index contributed by atoms with van der Waals surface area (Å²) in [5.41, 5.74) is 11.6. The lowest BCUT2D eigenvalue weighted by molar-refractivity contribution is 1.37. The lowest BCUT2D eigenvalue weighted by atomic mass is 10.2. The average Bonchev–Trinajstić information content (AvgIpc) is 2.03. The molecule has 0 saturated carbocycles. The monoisotopic (exact) mass is 181 g/mol. The van der Waals surface area contributed by atoms with Crippen LogP contribution in [0.4, 0.5) is 0 Å². The zero-order chi connectivity index (χ0) is 8.97. The first-order chi connectivity index (χ1) is 5.68. The van der Waals surface area contributed by atoms with Gasteiger partial charge in [-0.3, -0.25) is 0 Å². The van der Waals surface area contributed by atoms with Crippen molar-refractivity contribution < 1.29 is 0 Å². The van der Waals surface area contributed by atoms with Gasteiger partial charge in [0, 0.05) is 16.8 Å². The maximum absolute atomic E-state index is 5.18. The second-order valence-corrected chi connectivity index (χ2v) is 3.26. The highest BCUT2D eigenvalue weighted by Crippen LogP contribution is 2.18. The molecule has 0 amide bonds. The Labute approximate surface area is 76.0 Å². The Kier molecular flexibility index (Phi) is 2.99. The zero-order valence-corrected chi connectivity index (χ0v) is 7.64. The van der Waals surface area contributed by atoms with E-state index in [2.05, 4.69) is 4.40 Å². The molecule has 1 aromatic carbocycles. The lowest BCUT2D eigenvalue weighted by Crippen LogP contribution is -2.21. The molecule has 0 heterocycles. The van der Waals surface area contributed by atoms with Crippen LogP contribution in [0.5, 0.6) is 0 Å². The first kappa shape index (κ1) is 8.93. The summed E-state index contributed by atoms with van der Waals surface area (Å²) in [6, 6.07) is 7.99. The number of hydrogen-bond donors (Lipinski definition) is 2. The largest absolute Gasteiger partial charge is 0.369 e. The fourth-order valence-corrected chi connectivity index (χ4v) is 1.17. The van der Waals surface area contributed by atoms with E-state index in [-0.39, 0.29) is 5.96 Å². The zero-order valence-electron chi connectivity index (χ0n) is 6.82. The molecule has 4 N–H and O–H groups in total. The minimum atomic E-state index is 0.0978. The van der Waals surface area contributed by atoms with Crippen LogP contribution in [0.3, 0.4) is 0 Å². The SMILES string of the molecule is Cc1ccc(SN=C(N)N)cc1. The molecule has 0 spiro atoms. The van der Waals surface area contributed by atoms with Crippen LogP contribution >= 0.6 is 11.9 Å². The molecule has 3 nitrogen and oxygen atoms in total. The van der Waals surface area contributed by atoms with Crippen molar-refractivity contribution >= 4 is 17.9 Å². The minimum absolute atomic E-state index is 0.0978. The van der Waals surface area contributed by atoms with Gasteiger partial charge in [-0.1, -0.05) is 17.7 Å². The normalized spacial score (nSPS) is 9.42. The molecule has 0 aliphatic rings. The number of rotatable bonds is 2. The molecule has 64 valence electrons. The third-order valence-electron chi connectivity index (χ3n) is 1.28. The summed E-state index contributed by atoms with van der Waals surface area (Å²) in [4.78, 5) is 1.04. The van der Waals surface area contributed by atoms with Crippen molar-refractivity contribution in [2.75, 3.05) is 0 Å². The van der Waals surface area contributed by atoms with Crippen molar-refractivity contribution in [3.8, 4) is 0 Å². The van der Waals surface area contributed by atoms with Crippen molar-refractivity contribution in [1.29, 1.82) is 0 Å². The Bertz CT molecular complexity index is 275. The minimum Gasteiger partial charge on any atom is -0.369 e. The van der Waals surface area contributed by atoms with E-state index >= 15 is 0 Å². The topological polar surface area (TPSA) is 64.4 Å². The van der Waals surface area contributed by atoms with E-state index in [0.717, 1.165) is 4.90 Å². The maximum atomic E-state index is 5.18. The first-order valence-corrected chi connectivity index (χ1v) is 4.28. The highest BCUT2D eigenvalue weighted by atomic mass is 32.2. The van der Waals surface area contributed by atoms with E-state index in [1.807, 2.05) is 31.2 Å². The van der Waals surface area contributed by atoms with Gasteiger partial charge in [0.2, 0.25) is 0 Å². The predicted octanol–water partition coefficient (Wildman–Crippen LogP) is 1.28. The number of guanidine groups is 1. The molecule has 4 heteroatoms. The molecule has 12 heavy (non-hydrogen) atoms. The fourth-order valence-electron chi connectivity index (χ4n) is 0.705. The second-order valence-electron chi connectivity index (χ2n) is 2.42. The van der Waals surface area contributed by atoms with Crippen LogP contribution in [-0.4, -0.2) is 5.96 Å². The van der Waals surface area contributed by atoms with Crippen LogP contribution in [0.25, 0.3) is 0 Å². The van der Waals surface area contributed by atoms with Crippen molar-refractivity contribution in [2.24, 2.45) is 15.9 Å². The summed E-state index contributed by atoms with van der Waals surface area (Å²) < 4.78 is 3.81. The predicted molar refractivity (Wildman–Crippen MR) is 52.8 cm³/mol. The van der Waals surface area contributed by atoms with Crippen LogP contribution in [0.2, 0.25) is 0 Å². The highest BCUT2D eigenvalue weighted by molar-refractivity contribution is 7.98. The van der Waals surface area contributed by atoms with Gasteiger partial charge in [0.15, 0.2) is 5.96 Å². The van der Waals surface area contributed by atoms with E-state index in [1.165, 1.54) is 17.5 Å². The standard InChI is InChI=1S/C8H11N3S/c1-6-2-4-7(5-3-6)12-11-8(9)10/h2-5H,1H3,(H4,9,10,11). The summed E-state index contributed by atoms with van der Waals surface area (Å²) in [7, 11) is 0. The Morgan fingerprint density at radius 2 is 1.83 bits per heavy atom. The quantitative estimate of drug-likeness (QED) is 0.410. The molecule has 0 radical (unpaired) electrons. The molecular weight excluding hydrogens is 170 g/mol. The van der Waals surface area contributed by atoms with E-state index in [9.17, 15) is 0 Å². The molecule has 0 unspecified atom stereocenters. The third kappa shape index (κ3) is 2.84. The lowest BCUT2D eigenvalue weighted by Gasteiger charge is -1.95. The van der Waals surface area contributed by atoms with Crippen molar-refractivity contribution in [1.82, 2.24) is 0 Å². The van der Waals surface area contributed by atoms with Crippen molar-refractivity contribution in [3.63, 3.8) is 0 Å². The van der Waals surface area contributed by atoms with Gasteiger partial charge in [0.25, 0.3) is 0 Å². The van der Waals surface area contributed by atoms with E-state index in [0.29, 0.717) is 0 Å². The summed E-state index contributed by atoms with van der Waals surface area (Å²) in [5.74, 6) is 0.0978. The van der Waals surface area contributed by atoms with Gasteiger partial charge in [-0.05, 0) is 19.1 Å². The maximum Gasteiger partial charge on any atom is 0.198 e. The Balaban J connectivity index is 2.65. The van der Waals surface area contributed by atoms with Crippen LogP contribution in [0.1, 0.15) is 5.56 Å². The molecule has 0 fully saturated rings. The van der Waals surface area contributed by atoms with Gasteiger partial charge >= 0.3 is 0 Å². The molecule has 1 aromatic rings. The number of aryl methyl sites for hydroxylation is 1. The third-order valence-corrected chi connectivity index (χ3v) is 2.06. The molecule has 0 bridgehead atoms. The highest BCUT2D eigenvalue weighted by Gasteiger charge is 1.90. The van der Waals surface area contributed by atoms with Crippen LogP contribution < -0.4 is 11.5 Å². The molecule has 1 rings (SSSR count). The van der Waals surface area contributed by atoms with Gasteiger partial charge in [-0.15, -0.1) is 0 Å². The molecule has 0 aliphatic carbocycles. The summed E-state index contributed by atoms with van der Waals surface area (Å²) in [6.07, 6.45) is 0. The van der Waals surface area contributed by atoms with Gasteiger partial charge in [-0.2, -0.15) is 4.40 Å². The molecule has 0 aliphatic heterocycles. The number of nitrogens with two attached hydrogens (primary N) is 2. The Morgan fingerprint density at radius 1 is 1.25 bits per heavy atom. The van der Waals surface area contributed by atoms with Crippen LogP contribution in [0, 0.1) is 6.92 Å². The van der Waals surface area contributed by atoms with Crippen LogP contribution in [-0.2, 0) is 0 Å². The van der Waals surface area contributed by atoms with Crippen molar-refractivity contribution in [2.45, 2.75) is 11.8 Å². The Morgan fingerprint density at radius 3 is 2.33 bits per heavy atom. The summed E-state index contributed by atoms with van der Waals surface area (Å²) in [6.45, 7) is 2.04. The smallest absolute Gasteiger partial charge is 0.198 e. The van der Waals surface area contributed by atoms with E-state index < -0.39 is 0 Å². The van der Waals surface area contributed by atoms with E-state index in [1.54, 1.807) is 0 Å².